The smallest absolute Gasteiger partial charge is 0.365 e. The van der Waals surface area contributed by atoms with Gasteiger partial charge in [0.1, 0.15) is 0 Å². The van der Waals surface area contributed by atoms with Gasteiger partial charge in [0.05, 0.1) is 0 Å². The zero-order chi connectivity index (χ0) is 10.9. The second-order valence-electron chi connectivity index (χ2n) is 2.27. The van der Waals surface area contributed by atoms with Gasteiger partial charge in [-0.25, -0.2) is 9.59 Å². The SMILES string of the molecule is CC(=O)ON1C(=O)NC(=O)C(=O)C1=O.O. The lowest BCUT2D eigenvalue weighted by atomic mass is 10.3. The van der Waals surface area contributed by atoms with Crippen LogP contribution >= 0.6 is 0 Å². The monoisotopic (exact) mass is 218 g/mol. The van der Waals surface area contributed by atoms with Crippen molar-refractivity contribution in [3.05, 3.63) is 0 Å². The van der Waals surface area contributed by atoms with Crippen molar-refractivity contribution in [1.82, 2.24) is 10.4 Å². The number of carbonyl (C=O) groups excluding carboxylic acids is 5. The van der Waals surface area contributed by atoms with Crippen LogP contribution in [0, 0.1) is 0 Å². The molecular weight excluding hydrogens is 212 g/mol. The first-order valence-corrected chi connectivity index (χ1v) is 3.35. The summed E-state index contributed by atoms with van der Waals surface area (Å²) in [5.41, 5.74) is 0. The van der Waals surface area contributed by atoms with Crippen LogP contribution < -0.4 is 5.32 Å². The number of nitrogens with zero attached hydrogens (tertiary/aromatic N) is 1. The van der Waals surface area contributed by atoms with Crippen molar-refractivity contribution in [3.63, 3.8) is 0 Å². The van der Waals surface area contributed by atoms with E-state index < -0.39 is 29.6 Å². The Morgan fingerprint density at radius 3 is 2.27 bits per heavy atom. The Morgan fingerprint density at radius 1 is 1.27 bits per heavy atom. The van der Waals surface area contributed by atoms with E-state index >= 15 is 0 Å². The van der Waals surface area contributed by atoms with Gasteiger partial charge in [0, 0.05) is 6.92 Å². The first-order chi connectivity index (χ1) is 6.43. The number of rotatable bonds is 1. The van der Waals surface area contributed by atoms with Crippen LogP contribution in [0.5, 0.6) is 0 Å². The summed E-state index contributed by atoms with van der Waals surface area (Å²) >= 11 is 0. The van der Waals surface area contributed by atoms with Gasteiger partial charge in [0.15, 0.2) is 0 Å². The lowest BCUT2D eigenvalue weighted by Crippen LogP contribution is -2.58. The molecule has 0 radical (unpaired) electrons. The van der Waals surface area contributed by atoms with E-state index in [2.05, 4.69) is 4.84 Å². The summed E-state index contributed by atoms with van der Waals surface area (Å²) < 4.78 is 0. The van der Waals surface area contributed by atoms with Gasteiger partial charge in [-0.2, -0.15) is 0 Å². The van der Waals surface area contributed by atoms with E-state index in [1.54, 1.807) is 0 Å². The van der Waals surface area contributed by atoms with Crippen LogP contribution in [-0.2, 0) is 24.0 Å². The number of carbonyl (C=O) groups is 5. The van der Waals surface area contributed by atoms with Crippen LogP contribution in [-0.4, -0.2) is 40.1 Å². The fourth-order valence-electron chi connectivity index (χ4n) is 0.698. The van der Waals surface area contributed by atoms with Gasteiger partial charge in [-0.15, -0.1) is 0 Å². The molecular formula is C6H6N2O7. The third kappa shape index (κ3) is 2.34. The van der Waals surface area contributed by atoms with Gasteiger partial charge in [-0.1, -0.05) is 5.06 Å². The largest absolute Gasteiger partial charge is 0.412 e. The summed E-state index contributed by atoms with van der Waals surface area (Å²) in [5, 5.41) is 1.41. The van der Waals surface area contributed by atoms with Crippen molar-refractivity contribution < 1.29 is 34.3 Å². The molecule has 0 aliphatic carbocycles. The highest BCUT2D eigenvalue weighted by molar-refractivity contribution is 6.66. The number of hydroxylamine groups is 2. The van der Waals surface area contributed by atoms with Crippen LogP contribution in [0.1, 0.15) is 6.92 Å². The van der Waals surface area contributed by atoms with E-state index in [0.717, 1.165) is 6.92 Å². The Hall–Kier alpha value is -2.29. The summed E-state index contributed by atoms with van der Waals surface area (Å²) in [6.45, 7) is 0.932. The molecule has 9 heteroatoms. The molecule has 1 rings (SSSR count). The molecule has 4 amide bonds. The molecule has 1 saturated heterocycles. The second kappa shape index (κ2) is 4.28. The lowest BCUT2D eigenvalue weighted by molar-refractivity contribution is -0.187. The number of ketones is 1. The number of Topliss-reactive ketones (excluding diaryl/α,β-unsaturated/α-hetero) is 1. The number of amides is 4. The highest BCUT2D eigenvalue weighted by atomic mass is 16.7. The standard InChI is InChI=1S/C6H4N2O6.H2O/c1-2(9)14-8-5(12)3(10)4(11)7-6(8)13;/h1H3,(H,7,11,13);1H2. The summed E-state index contributed by atoms with van der Waals surface area (Å²) in [5.74, 6) is -5.26. The molecule has 0 spiro atoms. The predicted molar refractivity (Wildman–Crippen MR) is 40.8 cm³/mol. The van der Waals surface area contributed by atoms with Gasteiger partial charge < -0.3 is 10.3 Å². The minimum absolute atomic E-state index is 0. The Bertz CT molecular complexity index is 360. The number of barbiturate groups is 1. The van der Waals surface area contributed by atoms with Crippen molar-refractivity contribution in [2.75, 3.05) is 0 Å². The van der Waals surface area contributed by atoms with E-state index in [1.165, 1.54) is 5.32 Å². The molecule has 1 heterocycles. The van der Waals surface area contributed by atoms with Gasteiger partial charge >= 0.3 is 29.6 Å². The third-order valence-electron chi connectivity index (χ3n) is 1.21. The Kier molecular flexibility index (Phi) is 3.63. The van der Waals surface area contributed by atoms with Crippen molar-refractivity contribution in [3.8, 4) is 0 Å². The maximum atomic E-state index is 10.9. The Balaban J connectivity index is 0.00000196. The predicted octanol–water partition coefficient (Wildman–Crippen LogP) is -2.71. The van der Waals surface area contributed by atoms with Crippen molar-refractivity contribution in [2.24, 2.45) is 0 Å². The Morgan fingerprint density at radius 2 is 1.80 bits per heavy atom. The molecule has 0 atom stereocenters. The van der Waals surface area contributed by atoms with Gasteiger partial charge in [0.2, 0.25) is 0 Å². The average molecular weight is 218 g/mol. The molecule has 0 unspecified atom stereocenters. The van der Waals surface area contributed by atoms with Crippen LogP contribution in [0.3, 0.4) is 0 Å². The van der Waals surface area contributed by atoms with Gasteiger partial charge in [-0.3, -0.25) is 19.7 Å². The quantitative estimate of drug-likeness (QED) is 0.474. The highest BCUT2D eigenvalue weighted by Gasteiger charge is 2.41. The first kappa shape index (κ1) is 12.7. The Labute approximate surface area is 82.2 Å². The maximum Gasteiger partial charge on any atom is 0.365 e. The number of hydrogen-bond acceptors (Lipinski definition) is 6. The average Bonchev–Trinajstić information content (AvgIpc) is 2.09. The molecule has 82 valence electrons. The highest BCUT2D eigenvalue weighted by Crippen LogP contribution is 2.00. The molecule has 15 heavy (non-hydrogen) atoms. The zero-order valence-corrected chi connectivity index (χ0v) is 7.40. The zero-order valence-electron chi connectivity index (χ0n) is 7.40. The van der Waals surface area contributed by atoms with Gasteiger partial charge in [-0.05, 0) is 0 Å². The fraction of sp³-hybridized carbons (Fsp3) is 0.167. The molecule has 0 aromatic carbocycles. The number of imide groups is 2. The van der Waals surface area contributed by atoms with E-state index in [4.69, 9.17) is 0 Å². The van der Waals surface area contributed by atoms with E-state index in [1.807, 2.05) is 0 Å². The number of nitrogens with one attached hydrogen (secondary N) is 1. The summed E-state index contributed by atoms with van der Waals surface area (Å²) in [7, 11) is 0. The van der Waals surface area contributed by atoms with Crippen LogP contribution in [0.25, 0.3) is 0 Å². The molecule has 1 aliphatic rings. The lowest BCUT2D eigenvalue weighted by Gasteiger charge is -2.20. The summed E-state index contributed by atoms with van der Waals surface area (Å²) in [6, 6.07) is -1.27. The molecule has 0 saturated carbocycles. The summed E-state index contributed by atoms with van der Waals surface area (Å²) in [6.07, 6.45) is 0. The van der Waals surface area contributed by atoms with Crippen molar-refractivity contribution in [1.29, 1.82) is 0 Å². The number of hydrogen-bond donors (Lipinski definition) is 1. The van der Waals surface area contributed by atoms with Crippen molar-refractivity contribution >= 4 is 29.6 Å². The molecule has 0 bridgehead atoms. The minimum atomic E-state index is -1.49. The number of urea groups is 1. The molecule has 1 aliphatic heterocycles. The minimum Gasteiger partial charge on any atom is -0.412 e. The molecule has 3 N–H and O–H groups in total. The summed E-state index contributed by atoms with van der Waals surface area (Å²) in [4.78, 5) is 57.5. The van der Waals surface area contributed by atoms with E-state index in [-0.39, 0.29) is 10.5 Å². The van der Waals surface area contributed by atoms with Crippen LogP contribution in [0.4, 0.5) is 4.79 Å². The van der Waals surface area contributed by atoms with E-state index in [9.17, 15) is 24.0 Å². The molecule has 0 aromatic heterocycles. The molecule has 0 aromatic rings. The first-order valence-electron chi connectivity index (χ1n) is 3.35. The van der Waals surface area contributed by atoms with Crippen LogP contribution in [0.15, 0.2) is 0 Å². The topological polar surface area (TPSA) is 141 Å². The molecule has 9 nitrogen and oxygen atoms in total. The van der Waals surface area contributed by atoms with E-state index in [0.29, 0.717) is 0 Å². The molecule has 1 fully saturated rings. The maximum absolute atomic E-state index is 10.9. The third-order valence-corrected chi connectivity index (χ3v) is 1.21. The van der Waals surface area contributed by atoms with Crippen LogP contribution in [0.2, 0.25) is 0 Å². The normalized spacial score (nSPS) is 15.7. The fourth-order valence-corrected chi connectivity index (χ4v) is 0.698. The van der Waals surface area contributed by atoms with Crippen molar-refractivity contribution in [2.45, 2.75) is 6.92 Å². The van der Waals surface area contributed by atoms with Gasteiger partial charge in [0.25, 0.3) is 0 Å². The second-order valence-corrected chi connectivity index (χ2v) is 2.27.